The van der Waals surface area contributed by atoms with Crippen LogP contribution in [0.2, 0.25) is 0 Å². The molecule has 8 nitrogen and oxygen atoms in total. The van der Waals surface area contributed by atoms with Gasteiger partial charge in [0, 0.05) is 6.04 Å². The maximum Gasteiger partial charge on any atom is 0.326 e. The number of benzene rings is 1. The van der Waals surface area contributed by atoms with Crippen LogP contribution < -0.4 is 10.1 Å². The Balaban J connectivity index is 1.70. The third-order valence-corrected chi connectivity index (χ3v) is 6.18. The maximum absolute atomic E-state index is 13.3. The molecule has 3 rings (SSSR count). The van der Waals surface area contributed by atoms with Crippen LogP contribution in [0.5, 0.6) is 5.75 Å². The molecule has 1 amide bonds. The average Bonchev–Trinajstić information content (AvgIpc) is 3.16. The second-order valence-electron chi connectivity index (χ2n) is 8.26. The summed E-state index contributed by atoms with van der Waals surface area (Å²) in [6, 6.07) is 6.61. The van der Waals surface area contributed by atoms with Crippen molar-refractivity contribution in [1.82, 2.24) is 10.2 Å². The number of hydrogen-bond donors (Lipinski definition) is 2. The first-order valence-corrected chi connectivity index (χ1v) is 11.1. The van der Waals surface area contributed by atoms with Crippen LogP contribution in [0.25, 0.3) is 0 Å². The van der Waals surface area contributed by atoms with Crippen molar-refractivity contribution >= 4 is 17.8 Å². The van der Waals surface area contributed by atoms with Crippen molar-refractivity contribution < 1.29 is 29.0 Å². The molecule has 1 saturated carbocycles. The number of carboxylic acid groups (broad SMARTS) is 1. The average molecular weight is 433 g/mol. The minimum atomic E-state index is -0.968. The normalized spacial score (nSPS) is 24.7. The number of carbonyl (C=O) groups excluding carboxylic acids is 2. The van der Waals surface area contributed by atoms with Crippen molar-refractivity contribution in [1.29, 1.82) is 0 Å². The molecule has 1 aromatic rings. The van der Waals surface area contributed by atoms with Crippen LogP contribution in [0.1, 0.15) is 46.0 Å². The van der Waals surface area contributed by atoms with Crippen molar-refractivity contribution in [2.45, 2.75) is 70.1 Å². The number of fused-ring (bicyclic) bond motifs is 1. The number of ether oxygens (including phenoxy) is 2. The Kier molecular flexibility index (Phi) is 7.90. The summed E-state index contributed by atoms with van der Waals surface area (Å²) in [5.41, 5.74) is 0. The third kappa shape index (κ3) is 5.55. The number of aliphatic carboxylic acids is 1. The highest BCUT2D eigenvalue weighted by molar-refractivity contribution is 5.88. The molecule has 2 N–H and O–H groups in total. The first kappa shape index (κ1) is 23.1. The zero-order valence-corrected chi connectivity index (χ0v) is 18.2. The van der Waals surface area contributed by atoms with E-state index in [1.807, 2.05) is 18.2 Å². The molecule has 0 radical (unpaired) electrons. The van der Waals surface area contributed by atoms with Crippen LogP contribution >= 0.6 is 0 Å². The van der Waals surface area contributed by atoms with E-state index in [2.05, 4.69) is 5.32 Å². The molecule has 1 heterocycles. The summed E-state index contributed by atoms with van der Waals surface area (Å²) < 4.78 is 10.8. The van der Waals surface area contributed by atoms with Gasteiger partial charge in [-0.15, -0.1) is 0 Å². The van der Waals surface area contributed by atoms with E-state index in [1.54, 1.807) is 30.9 Å². The molecular formula is C23H32N2O6. The lowest BCUT2D eigenvalue weighted by Crippen LogP contribution is -2.56. The van der Waals surface area contributed by atoms with Gasteiger partial charge < -0.3 is 19.5 Å². The fourth-order valence-electron chi connectivity index (χ4n) is 4.72. The number of hydrogen-bond acceptors (Lipinski definition) is 6. The number of nitrogens with zero attached hydrogens (tertiary/aromatic N) is 1. The zero-order chi connectivity index (χ0) is 22.4. The molecule has 8 heteroatoms. The van der Waals surface area contributed by atoms with Crippen molar-refractivity contribution in [3.63, 3.8) is 0 Å². The van der Waals surface area contributed by atoms with Gasteiger partial charge in [-0.1, -0.05) is 31.0 Å². The van der Waals surface area contributed by atoms with Crippen LogP contribution in [0.3, 0.4) is 0 Å². The number of carboxylic acids is 1. The fraction of sp³-hybridized carbons (Fsp3) is 0.609. The molecule has 5 atom stereocenters. The van der Waals surface area contributed by atoms with E-state index in [9.17, 15) is 19.5 Å². The SMILES string of the molecule is CCOC(=O)C(COc1ccccc1)N[C@@H](C)C(=O)N1C(C(=O)O)CC2CCCCC21. The van der Waals surface area contributed by atoms with Crippen molar-refractivity contribution in [2.75, 3.05) is 13.2 Å². The Labute approximate surface area is 182 Å². The number of likely N-dealkylation sites (tertiary alicyclic amines) is 1. The number of carbonyl (C=O) groups is 3. The Hall–Kier alpha value is -2.61. The van der Waals surface area contributed by atoms with E-state index in [0.29, 0.717) is 12.2 Å². The molecule has 31 heavy (non-hydrogen) atoms. The lowest BCUT2D eigenvalue weighted by atomic mass is 9.84. The summed E-state index contributed by atoms with van der Waals surface area (Å²) in [6.45, 7) is 3.58. The minimum absolute atomic E-state index is 0.00508. The fourth-order valence-corrected chi connectivity index (χ4v) is 4.72. The summed E-state index contributed by atoms with van der Waals surface area (Å²) in [7, 11) is 0. The molecule has 0 bridgehead atoms. The Bertz CT molecular complexity index is 771. The molecule has 1 aromatic carbocycles. The lowest BCUT2D eigenvalue weighted by Gasteiger charge is -2.35. The van der Waals surface area contributed by atoms with Crippen molar-refractivity contribution in [3.8, 4) is 5.75 Å². The number of nitrogens with one attached hydrogen (secondary N) is 1. The van der Waals surface area contributed by atoms with Gasteiger partial charge in [0.05, 0.1) is 12.6 Å². The summed E-state index contributed by atoms with van der Waals surface area (Å²) >= 11 is 0. The van der Waals surface area contributed by atoms with E-state index in [-0.39, 0.29) is 31.1 Å². The lowest BCUT2D eigenvalue weighted by molar-refractivity contribution is -0.152. The molecule has 2 fully saturated rings. The van der Waals surface area contributed by atoms with Crippen LogP contribution in [0.15, 0.2) is 30.3 Å². The van der Waals surface area contributed by atoms with E-state index in [0.717, 1.165) is 25.7 Å². The van der Waals surface area contributed by atoms with Gasteiger partial charge in [-0.25, -0.2) is 4.79 Å². The second-order valence-corrected chi connectivity index (χ2v) is 8.26. The van der Waals surface area contributed by atoms with Crippen molar-refractivity contribution in [3.05, 3.63) is 30.3 Å². The third-order valence-electron chi connectivity index (χ3n) is 6.18. The summed E-state index contributed by atoms with van der Waals surface area (Å²) in [6.07, 6.45) is 4.35. The Morgan fingerprint density at radius 1 is 1.19 bits per heavy atom. The minimum Gasteiger partial charge on any atom is -0.491 e. The van der Waals surface area contributed by atoms with Crippen LogP contribution in [0.4, 0.5) is 0 Å². The molecule has 2 aliphatic rings. The van der Waals surface area contributed by atoms with Gasteiger partial charge in [-0.2, -0.15) is 0 Å². The monoisotopic (exact) mass is 432 g/mol. The topological polar surface area (TPSA) is 105 Å². The number of para-hydroxylation sites is 1. The highest BCUT2D eigenvalue weighted by Gasteiger charge is 2.48. The van der Waals surface area contributed by atoms with Gasteiger partial charge in [0.15, 0.2) is 0 Å². The molecular weight excluding hydrogens is 400 g/mol. The van der Waals surface area contributed by atoms with Gasteiger partial charge in [0.2, 0.25) is 5.91 Å². The Morgan fingerprint density at radius 3 is 2.58 bits per heavy atom. The summed E-state index contributed by atoms with van der Waals surface area (Å²) in [5, 5.41) is 12.7. The van der Waals surface area contributed by atoms with E-state index in [1.165, 1.54) is 0 Å². The van der Waals surface area contributed by atoms with Gasteiger partial charge >= 0.3 is 11.9 Å². The second kappa shape index (κ2) is 10.6. The number of amides is 1. The molecule has 0 aromatic heterocycles. The standard InChI is InChI=1S/C23H32N2O6/c1-3-30-23(29)18(14-31-17-10-5-4-6-11-17)24-15(2)21(26)25-19-12-8-7-9-16(19)13-20(25)22(27)28/h4-6,10-11,15-16,18-20,24H,3,7-9,12-14H2,1-2H3,(H,27,28)/t15-,16?,18?,19?,20?/m0/s1. The van der Waals surface area contributed by atoms with Gasteiger partial charge in [-0.3, -0.25) is 14.9 Å². The van der Waals surface area contributed by atoms with Gasteiger partial charge in [-0.05, 0) is 51.2 Å². The van der Waals surface area contributed by atoms with Crippen LogP contribution in [-0.2, 0) is 19.1 Å². The first-order chi connectivity index (χ1) is 14.9. The highest BCUT2D eigenvalue weighted by atomic mass is 16.5. The van der Waals surface area contributed by atoms with Gasteiger partial charge in [0.1, 0.15) is 24.4 Å². The van der Waals surface area contributed by atoms with Gasteiger partial charge in [0.25, 0.3) is 0 Å². The molecule has 0 spiro atoms. The summed E-state index contributed by atoms with van der Waals surface area (Å²) in [4.78, 5) is 39.2. The quantitative estimate of drug-likeness (QED) is 0.577. The zero-order valence-electron chi connectivity index (χ0n) is 18.2. The predicted molar refractivity (Wildman–Crippen MR) is 114 cm³/mol. The van der Waals surface area contributed by atoms with Crippen LogP contribution in [-0.4, -0.2) is 65.2 Å². The van der Waals surface area contributed by atoms with Crippen molar-refractivity contribution in [2.24, 2.45) is 5.92 Å². The Morgan fingerprint density at radius 2 is 1.90 bits per heavy atom. The van der Waals surface area contributed by atoms with E-state index in [4.69, 9.17) is 9.47 Å². The first-order valence-electron chi connectivity index (χ1n) is 11.1. The predicted octanol–water partition coefficient (Wildman–Crippen LogP) is 2.22. The van der Waals surface area contributed by atoms with E-state index < -0.39 is 30.1 Å². The number of esters is 1. The summed E-state index contributed by atoms with van der Waals surface area (Å²) in [5.74, 6) is -0.939. The highest BCUT2D eigenvalue weighted by Crippen LogP contribution is 2.40. The maximum atomic E-state index is 13.3. The smallest absolute Gasteiger partial charge is 0.326 e. The number of rotatable bonds is 9. The van der Waals surface area contributed by atoms with E-state index >= 15 is 0 Å². The molecule has 170 valence electrons. The molecule has 1 aliphatic carbocycles. The molecule has 1 saturated heterocycles. The largest absolute Gasteiger partial charge is 0.491 e. The molecule has 1 aliphatic heterocycles. The van der Waals surface area contributed by atoms with Crippen LogP contribution in [0, 0.1) is 5.92 Å². The molecule has 4 unspecified atom stereocenters.